The van der Waals surface area contributed by atoms with Crippen LogP contribution >= 0.6 is 0 Å². The quantitative estimate of drug-likeness (QED) is 0.708. The van der Waals surface area contributed by atoms with Gasteiger partial charge < -0.3 is 14.8 Å². The Balaban J connectivity index is 2.92. The van der Waals surface area contributed by atoms with Crippen molar-refractivity contribution in [2.75, 3.05) is 26.9 Å². The first kappa shape index (κ1) is 16.0. The molecule has 1 atom stereocenters. The molecule has 0 aliphatic heterocycles. The summed E-state index contributed by atoms with van der Waals surface area (Å²) in [5.74, 6) is 0.835. The average Bonchev–Trinajstić information content (AvgIpc) is 2.82. The molecule has 5 heteroatoms. The van der Waals surface area contributed by atoms with Crippen molar-refractivity contribution in [3.05, 3.63) is 11.9 Å². The van der Waals surface area contributed by atoms with Gasteiger partial charge in [-0.2, -0.15) is 5.10 Å². The van der Waals surface area contributed by atoms with E-state index in [0.29, 0.717) is 13.2 Å². The highest BCUT2D eigenvalue weighted by molar-refractivity contribution is 5.28. The van der Waals surface area contributed by atoms with E-state index in [9.17, 15) is 0 Å². The van der Waals surface area contributed by atoms with Crippen LogP contribution in [0.15, 0.2) is 6.20 Å². The van der Waals surface area contributed by atoms with Crippen molar-refractivity contribution < 1.29 is 9.47 Å². The molecule has 1 heterocycles. The molecule has 1 aromatic heterocycles. The van der Waals surface area contributed by atoms with Gasteiger partial charge in [0.1, 0.15) is 0 Å². The molecule has 1 unspecified atom stereocenters. The lowest BCUT2D eigenvalue weighted by Gasteiger charge is -2.20. The number of ether oxygens (including phenoxy) is 2. The molecule has 0 aliphatic rings. The smallest absolute Gasteiger partial charge is 0.161 e. The summed E-state index contributed by atoms with van der Waals surface area (Å²) in [5, 5.41) is 7.92. The number of rotatable bonds is 10. The minimum Gasteiger partial charge on any atom is -0.493 e. The summed E-state index contributed by atoms with van der Waals surface area (Å²) < 4.78 is 13.0. The van der Waals surface area contributed by atoms with Crippen LogP contribution in [0.4, 0.5) is 0 Å². The second-order valence-electron chi connectivity index (χ2n) is 4.49. The van der Waals surface area contributed by atoms with Gasteiger partial charge in [-0.25, -0.2) is 0 Å². The average molecular weight is 269 g/mol. The highest BCUT2D eigenvalue weighted by atomic mass is 16.5. The Kier molecular flexibility index (Phi) is 7.52. The van der Waals surface area contributed by atoms with Crippen LogP contribution in [-0.2, 0) is 11.3 Å². The minimum absolute atomic E-state index is 0.129. The molecule has 1 N–H and O–H groups in total. The molecule has 0 spiro atoms. The standard InChI is InChI=1S/C14H27N3O2/c1-5-8-15-12(11-19-7-3)14-13(18-4)10-16-17(14)9-6-2/h10,12,15H,5-9,11H2,1-4H3. The Hall–Kier alpha value is -1.07. The Labute approximate surface area is 116 Å². The lowest BCUT2D eigenvalue weighted by molar-refractivity contribution is 0.119. The summed E-state index contributed by atoms with van der Waals surface area (Å²) in [7, 11) is 1.69. The van der Waals surface area contributed by atoms with E-state index < -0.39 is 0 Å². The van der Waals surface area contributed by atoms with Gasteiger partial charge in [0.25, 0.3) is 0 Å². The third-order valence-electron chi connectivity index (χ3n) is 2.96. The van der Waals surface area contributed by atoms with Crippen molar-refractivity contribution in [2.45, 2.75) is 46.2 Å². The Morgan fingerprint density at radius 3 is 2.68 bits per heavy atom. The fraction of sp³-hybridized carbons (Fsp3) is 0.786. The van der Waals surface area contributed by atoms with E-state index in [1.807, 2.05) is 11.6 Å². The molecule has 19 heavy (non-hydrogen) atoms. The molecule has 0 fully saturated rings. The van der Waals surface area contributed by atoms with Gasteiger partial charge in [0.2, 0.25) is 0 Å². The van der Waals surface area contributed by atoms with Crippen molar-refractivity contribution >= 4 is 0 Å². The van der Waals surface area contributed by atoms with Crippen LogP contribution in [0.2, 0.25) is 0 Å². The Morgan fingerprint density at radius 2 is 2.11 bits per heavy atom. The summed E-state index contributed by atoms with van der Waals surface area (Å²) in [6.45, 7) is 9.53. The number of methoxy groups -OCH3 is 1. The second kappa shape index (κ2) is 8.93. The van der Waals surface area contributed by atoms with Gasteiger partial charge in [-0.1, -0.05) is 13.8 Å². The molecular weight excluding hydrogens is 242 g/mol. The van der Waals surface area contributed by atoms with Crippen LogP contribution in [0.25, 0.3) is 0 Å². The highest BCUT2D eigenvalue weighted by Gasteiger charge is 2.21. The molecule has 0 amide bonds. The molecule has 0 saturated carbocycles. The molecule has 1 aromatic rings. The first-order valence-electron chi connectivity index (χ1n) is 7.19. The third kappa shape index (κ3) is 4.51. The van der Waals surface area contributed by atoms with Gasteiger partial charge in [-0.15, -0.1) is 0 Å². The number of nitrogens with zero attached hydrogens (tertiary/aromatic N) is 2. The van der Waals surface area contributed by atoms with E-state index in [1.165, 1.54) is 0 Å². The van der Waals surface area contributed by atoms with Crippen LogP contribution < -0.4 is 10.1 Å². The van der Waals surface area contributed by atoms with E-state index in [2.05, 4.69) is 24.3 Å². The molecule has 5 nitrogen and oxygen atoms in total. The summed E-state index contributed by atoms with van der Waals surface area (Å²) in [4.78, 5) is 0. The number of aryl methyl sites for hydroxylation is 1. The largest absolute Gasteiger partial charge is 0.493 e. The summed E-state index contributed by atoms with van der Waals surface area (Å²) >= 11 is 0. The second-order valence-corrected chi connectivity index (χ2v) is 4.49. The van der Waals surface area contributed by atoms with Crippen molar-refractivity contribution in [3.63, 3.8) is 0 Å². The van der Waals surface area contributed by atoms with E-state index in [-0.39, 0.29) is 6.04 Å². The number of hydrogen-bond donors (Lipinski definition) is 1. The first-order chi connectivity index (χ1) is 9.28. The van der Waals surface area contributed by atoms with Crippen LogP contribution in [0, 0.1) is 0 Å². The fourth-order valence-corrected chi connectivity index (χ4v) is 2.07. The topological polar surface area (TPSA) is 48.3 Å². The van der Waals surface area contributed by atoms with Crippen molar-refractivity contribution in [3.8, 4) is 5.75 Å². The molecule has 0 aliphatic carbocycles. The van der Waals surface area contributed by atoms with E-state index in [0.717, 1.165) is 37.4 Å². The van der Waals surface area contributed by atoms with Gasteiger partial charge in [0, 0.05) is 13.2 Å². The van der Waals surface area contributed by atoms with E-state index in [1.54, 1.807) is 13.3 Å². The SMILES string of the molecule is CCCNC(COCC)c1c(OC)cnn1CCC. The number of aromatic nitrogens is 2. The highest BCUT2D eigenvalue weighted by Crippen LogP contribution is 2.25. The molecule has 0 bridgehead atoms. The van der Waals surface area contributed by atoms with Gasteiger partial charge >= 0.3 is 0 Å². The molecule has 0 radical (unpaired) electrons. The van der Waals surface area contributed by atoms with Crippen molar-refractivity contribution in [2.24, 2.45) is 0 Å². The van der Waals surface area contributed by atoms with E-state index >= 15 is 0 Å². The normalized spacial score (nSPS) is 12.6. The molecule has 0 aromatic carbocycles. The summed E-state index contributed by atoms with van der Waals surface area (Å²) in [6.07, 6.45) is 3.93. The lowest BCUT2D eigenvalue weighted by atomic mass is 10.2. The van der Waals surface area contributed by atoms with Gasteiger partial charge in [0.05, 0.1) is 31.6 Å². The van der Waals surface area contributed by atoms with Crippen LogP contribution in [0.5, 0.6) is 5.75 Å². The predicted molar refractivity (Wildman–Crippen MR) is 76.6 cm³/mol. The minimum atomic E-state index is 0.129. The van der Waals surface area contributed by atoms with Crippen molar-refractivity contribution in [1.29, 1.82) is 0 Å². The molecule has 110 valence electrons. The fourth-order valence-electron chi connectivity index (χ4n) is 2.07. The maximum absolute atomic E-state index is 5.59. The number of hydrogen-bond acceptors (Lipinski definition) is 4. The van der Waals surface area contributed by atoms with Crippen LogP contribution in [-0.4, -0.2) is 36.6 Å². The van der Waals surface area contributed by atoms with Gasteiger partial charge in [0.15, 0.2) is 5.75 Å². The summed E-state index contributed by atoms with van der Waals surface area (Å²) in [6, 6.07) is 0.129. The first-order valence-corrected chi connectivity index (χ1v) is 7.19. The zero-order valence-corrected chi connectivity index (χ0v) is 12.6. The van der Waals surface area contributed by atoms with Crippen molar-refractivity contribution in [1.82, 2.24) is 15.1 Å². The maximum atomic E-state index is 5.59. The van der Waals surface area contributed by atoms with Gasteiger partial charge in [-0.3, -0.25) is 4.68 Å². The zero-order valence-electron chi connectivity index (χ0n) is 12.6. The zero-order chi connectivity index (χ0) is 14.1. The number of nitrogens with one attached hydrogen (secondary N) is 1. The predicted octanol–water partition coefficient (Wildman–Crippen LogP) is 2.38. The molecule has 0 saturated heterocycles. The molecule has 1 rings (SSSR count). The van der Waals surface area contributed by atoms with Crippen LogP contribution in [0.3, 0.4) is 0 Å². The van der Waals surface area contributed by atoms with E-state index in [4.69, 9.17) is 9.47 Å². The third-order valence-corrected chi connectivity index (χ3v) is 2.96. The Bertz CT molecular complexity index is 344. The molecular formula is C14H27N3O2. The van der Waals surface area contributed by atoms with Gasteiger partial charge in [-0.05, 0) is 26.3 Å². The summed E-state index contributed by atoms with van der Waals surface area (Å²) in [5.41, 5.74) is 1.09. The van der Waals surface area contributed by atoms with Crippen LogP contribution in [0.1, 0.15) is 45.3 Å². The lowest BCUT2D eigenvalue weighted by Crippen LogP contribution is -2.29. The monoisotopic (exact) mass is 269 g/mol. The maximum Gasteiger partial charge on any atom is 0.161 e. The Morgan fingerprint density at radius 1 is 1.32 bits per heavy atom.